The van der Waals surface area contributed by atoms with E-state index >= 15 is 0 Å². The van der Waals surface area contributed by atoms with Gasteiger partial charge in [-0.15, -0.1) is 0 Å². The molecule has 0 aliphatic carbocycles. The van der Waals surface area contributed by atoms with Crippen molar-refractivity contribution in [1.82, 2.24) is 10.2 Å². The molecule has 0 aliphatic heterocycles. The van der Waals surface area contributed by atoms with Crippen LogP contribution in [0.1, 0.15) is 46.6 Å². The van der Waals surface area contributed by atoms with Gasteiger partial charge in [0.05, 0.1) is 24.3 Å². The van der Waals surface area contributed by atoms with Crippen LogP contribution in [0.5, 0.6) is 11.5 Å². The monoisotopic (exact) mass is 613 g/mol. The van der Waals surface area contributed by atoms with Crippen LogP contribution in [0.15, 0.2) is 77.7 Å². The molecular weight excluding hydrogens is 573 g/mol. The van der Waals surface area contributed by atoms with Crippen molar-refractivity contribution >= 4 is 27.5 Å². The molecule has 3 aromatic rings. The van der Waals surface area contributed by atoms with E-state index in [0.29, 0.717) is 23.7 Å². The first kappa shape index (κ1) is 33.4. The summed E-state index contributed by atoms with van der Waals surface area (Å²) in [5.41, 5.74) is 0.223. The van der Waals surface area contributed by atoms with Crippen molar-refractivity contribution in [2.24, 2.45) is 0 Å². The molecule has 2 amide bonds. The van der Waals surface area contributed by atoms with Gasteiger partial charge in [-0.1, -0.05) is 19.1 Å². The number of carbonyl (C=O) groups excluding carboxylic acids is 2. The number of methoxy groups -OCH3 is 1. The van der Waals surface area contributed by atoms with Crippen LogP contribution in [0.2, 0.25) is 0 Å². The summed E-state index contributed by atoms with van der Waals surface area (Å²) in [5.74, 6) is -0.473. The highest BCUT2D eigenvalue weighted by atomic mass is 32.2. The number of hydrogen-bond acceptors (Lipinski definition) is 6. The first-order chi connectivity index (χ1) is 20.3. The SMILES string of the molecule is CCOc1ccc(S(=O)(=O)N(CC(=O)N(Cc2cccc(OC)c2)[C@H](CC)C(=O)NC(C)(C)C)c2ccc(F)cc2)cc1. The molecular formula is C32H40FN3O6S. The number of nitrogens with zero attached hydrogens (tertiary/aromatic N) is 2. The summed E-state index contributed by atoms with van der Waals surface area (Å²) in [7, 11) is -2.78. The van der Waals surface area contributed by atoms with E-state index in [9.17, 15) is 22.4 Å². The molecule has 0 fully saturated rings. The number of ether oxygens (including phenoxy) is 2. The molecule has 0 radical (unpaired) electrons. The number of benzene rings is 3. The van der Waals surface area contributed by atoms with Gasteiger partial charge in [0.2, 0.25) is 11.8 Å². The van der Waals surface area contributed by atoms with Gasteiger partial charge >= 0.3 is 0 Å². The molecule has 0 bridgehead atoms. The molecule has 0 unspecified atom stereocenters. The number of nitrogens with one attached hydrogen (secondary N) is 1. The Kier molecular flexibility index (Phi) is 11.2. The predicted octanol–water partition coefficient (Wildman–Crippen LogP) is 5.15. The van der Waals surface area contributed by atoms with Crippen molar-refractivity contribution in [3.8, 4) is 11.5 Å². The molecule has 3 rings (SSSR count). The molecule has 1 N–H and O–H groups in total. The first-order valence-corrected chi connectivity index (χ1v) is 15.5. The Hall–Kier alpha value is -4.12. The van der Waals surface area contributed by atoms with Crippen LogP contribution < -0.4 is 19.1 Å². The molecule has 0 saturated heterocycles. The molecule has 0 aromatic heterocycles. The van der Waals surface area contributed by atoms with E-state index in [-0.39, 0.29) is 29.5 Å². The second-order valence-corrected chi connectivity index (χ2v) is 12.8. The standard InChI is InChI=1S/C32H40FN3O6S/c1-7-29(31(38)34-32(3,4)5)35(21-23-10-9-11-27(20-23)41-6)30(37)22-36(25-14-12-24(33)13-15-25)43(39,40)28-18-16-26(17-19-28)42-8-2/h9-20,29H,7-8,21-22H2,1-6H3,(H,34,38)/t29-/m1/s1. The zero-order valence-corrected chi connectivity index (χ0v) is 26.3. The Morgan fingerprint density at radius 1 is 0.953 bits per heavy atom. The number of hydrogen-bond donors (Lipinski definition) is 1. The van der Waals surface area contributed by atoms with Crippen molar-refractivity contribution in [2.45, 2.75) is 64.1 Å². The third-order valence-electron chi connectivity index (χ3n) is 6.49. The maximum atomic E-state index is 14.2. The summed E-state index contributed by atoms with van der Waals surface area (Å²) in [5, 5.41) is 2.93. The van der Waals surface area contributed by atoms with E-state index < -0.39 is 39.9 Å². The maximum absolute atomic E-state index is 14.2. The maximum Gasteiger partial charge on any atom is 0.264 e. The fraction of sp³-hybridized carbons (Fsp3) is 0.375. The fourth-order valence-electron chi connectivity index (χ4n) is 4.48. The van der Waals surface area contributed by atoms with Crippen molar-refractivity contribution in [2.75, 3.05) is 24.6 Å². The average molecular weight is 614 g/mol. The zero-order valence-electron chi connectivity index (χ0n) is 25.5. The summed E-state index contributed by atoms with van der Waals surface area (Å²) in [4.78, 5) is 28.9. The van der Waals surface area contributed by atoms with E-state index in [1.54, 1.807) is 31.2 Å². The Morgan fingerprint density at radius 3 is 2.16 bits per heavy atom. The number of rotatable bonds is 13. The van der Waals surface area contributed by atoms with Crippen molar-refractivity contribution in [3.05, 3.63) is 84.2 Å². The topological polar surface area (TPSA) is 105 Å². The minimum absolute atomic E-state index is 0.0203. The van der Waals surface area contributed by atoms with E-state index in [4.69, 9.17) is 9.47 Å². The number of sulfonamides is 1. The van der Waals surface area contributed by atoms with E-state index in [2.05, 4.69) is 5.32 Å². The molecule has 1 atom stereocenters. The third kappa shape index (κ3) is 8.93. The molecule has 0 spiro atoms. The number of carbonyl (C=O) groups is 2. The summed E-state index contributed by atoms with van der Waals surface area (Å²) < 4.78 is 53.5. The van der Waals surface area contributed by atoms with Gasteiger partial charge < -0.3 is 19.7 Å². The first-order valence-electron chi connectivity index (χ1n) is 14.0. The average Bonchev–Trinajstić information content (AvgIpc) is 2.96. The minimum Gasteiger partial charge on any atom is -0.497 e. The molecule has 232 valence electrons. The second kappa shape index (κ2) is 14.4. The number of anilines is 1. The summed E-state index contributed by atoms with van der Waals surface area (Å²) in [6.45, 7) is 8.91. The second-order valence-electron chi connectivity index (χ2n) is 10.9. The highest BCUT2D eigenvalue weighted by Gasteiger charge is 2.34. The Labute approximate surface area is 253 Å². The van der Waals surface area contributed by atoms with Crippen molar-refractivity contribution < 1.29 is 31.9 Å². The molecule has 0 saturated carbocycles. The zero-order chi connectivity index (χ0) is 31.8. The molecule has 43 heavy (non-hydrogen) atoms. The normalized spacial score (nSPS) is 12.3. The Bertz CT molecular complexity index is 1490. The van der Waals surface area contributed by atoms with Crippen LogP contribution in [-0.2, 0) is 26.2 Å². The van der Waals surface area contributed by atoms with Crippen molar-refractivity contribution in [3.63, 3.8) is 0 Å². The number of amides is 2. The smallest absolute Gasteiger partial charge is 0.264 e. The van der Waals surface area contributed by atoms with E-state index in [0.717, 1.165) is 16.4 Å². The summed E-state index contributed by atoms with van der Waals surface area (Å²) in [6, 6.07) is 16.9. The molecule has 3 aromatic carbocycles. The van der Waals surface area contributed by atoms with Gasteiger partial charge in [0.15, 0.2) is 0 Å². The van der Waals surface area contributed by atoms with Gasteiger partial charge in [0, 0.05) is 12.1 Å². The third-order valence-corrected chi connectivity index (χ3v) is 8.28. The van der Waals surface area contributed by atoms with Crippen molar-refractivity contribution in [1.29, 1.82) is 0 Å². The highest BCUT2D eigenvalue weighted by Crippen LogP contribution is 2.27. The van der Waals surface area contributed by atoms with Gasteiger partial charge in [0.1, 0.15) is 29.9 Å². The van der Waals surface area contributed by atoms with E-state index in [1.807, 2.05) is 27.7 Å². The van der Waals surface area contributed by atoms with Crippen LogP contribution in [0.3, 0.4) is 0 Å². The van der Waals surface area contributed by atoms with Crippen LogP contribution >= 0.6 is 0 Å². The molecule has 9 nitrogen and oxygen atoms in total. The van der Waals surface area contributed by atoms with Gasteiger partial charge in [-0.3, -0.25) is 13.9 Å². The van der Waals surface area contributed by atoms with E-state index in [1.165, 1.54) is 48.4 Å². The summed E-state index contributed by atoms with van der Waals surface area (Å²) >= 11 is 0. The summed E-state index contributed by atoms with van der Waals surface area (Å²) in [6.07, 6.45) is 0.278. The van der Waals surface area contributed by atoms with Gasteiger partial charge in [-0.2, -0.15) is 0 Å². The fourth-order valence-corrected chi connectivity index (χ4v) is 5.89. The predicted molar refractivity (Wildman–Crippen MR) is 164 cm³/mol. The lowest BCUT2D eigenvalue weighted by molar-refractivity contribution is -0.141. The largest absolute Gasteiger partial charge is 0.497 e. The van der Waals surface area contributed by atoms with Gasteiger partial charge in [-0.25, -0.2) is 12.8 Å². The quantitative estimate of drug-likeness (QED) is 0.286. The molecule has 0 aliphatic rings. The lowest BCUT2D eigenvalue weighted by Gasteiger charge is -2.34. The van der Waals surface area contributed by atoms with Gasteiger partial charge in [0.25, 0.3) is 10.0 Å². The van der Waals surface area contributed by atoms with Gasteiger partial charge in [-0.05, 0) is 100 Å². The lowest BCUT2D eigenvalue weighted by Crippen LogP contribution is -2.55. The minimum atomic E-state index is -4.30. The Balaban J connectivity index is 2.07. The van der Waals surface area contributed by atoms with Crippen LogP contribution in [-0.4, -0.2) is 57.0 Å². The van der Waals surface area contributed by atoms with Crippen LogP contribution in [0, 0.1) is 5.82 Å². The molecule has 11 heteroatoms. The number of halogens is 1. The van der Waals surface area contributed by atoms with Crippen LogP contribution in [0.25, 0.3) is 0 Å². The molecule has 0 heterocycles. The van der Waals surface area contributed by atoms with Crippen LogP contribution in [0.4, 0.5) is 10.1 Å². The highest BCUT2D eigenvalue weighted by molar-refractivity contribution is 7.92. The lowest BCUT2D eigenvalue weighted by atomic mass is 10.1. The Morgan fingerprint density at radius 2 is 1.60 bits per heavy atom.